The Kier molecular flexibility index (Phi) is 2.24. The number of rotatable bonds is 2. The van der Waals surface area contributed by atoms with Crippen LogP contribution < -0.4 is 0 Å². The van der Waals surface area contributed by atoms with Crippen molar-refractivity contribution in [2.75, 3.05) is 0 Å². The van der Waals surface area contributed by atoms with E-state index in [1.165, 1.54) is 6.33 Å². The Morgan fingerprint density at radius 1 is 1.43 bits per heavy atom. The van der Waals surface area contributed by atoms with Crippen LogP contribution in [0.2, 0.25) is 0 Å². The highest BCUT2D eigenvalue weighted by atomic mass is 15.3. The monoisotopic (exact) mass is 184 g/mol. The Bertz CT molecular complexity index is 453. The summed E-state index contributed by atoms with van der Waals surface area (Å²) in [6.07, 6.45) is 3.15. The van der Waals surface area contributed by atoms with E-state index in [0.717, 1.165) is 5.56 Å². The lowest BCUT2D eigenvalue weighted by Crippen LogP contribution is -1.99. The summed E-state index contributed by atoms with van der Waals surface area (Å²) in [5, 5.41) is 12.7. The average Bonchev–Trinajstić information content (AvgIpc) is 2.71. The fraction of sp³-hybridized carbons (Fsp3) is 0.100. The molecule has 0 bridgehead atoms. The molecule has 0 radical (unpaired) electrons. The highest BCUT2D eigenvalue weighted by Gasteiger charge is 1.96. The van der Waals surface area contributed by atoms with E-state index in [1.807, 2.05) is 18.2 Å². The first kappa shape index (κ1) is 8.45. The lowest BCUT2D eigenvalue weighted by atomic mass is 10.1. The summed E-state index contributed by atoms with van der Waals surface area (Å²) in [5.74, 6) is 0. The molecule has 0 aliphatic rings. The van der Waals surface area contributed by atoms with E-state index >= 15 is 0 Å². The highest BCUT2D eigenvalue weighted by molar-refractivity contribution is 5.32. The first-order valence-electron chi connectivity index (χ1n) is 4.20. The fourth-order valence-electron chi connectivity index (χ4n) is 1.24. The van der Waals surface area contributed by atoms with Crippen molar-refractivity contribution in [1.29, 1.82) is 5.26 Å². The van der Waals surface area contributed by atoms with Crippen LogP contribution in [0.4, 0.5) is 0 Å². The molecular weight excluding hydrogens is 176 g/mol. The minimum absolute atomic E-state index is 0.648. The first-order chi connectivity index (χ1) is 6.88. The van der Waals surface area contributed by atoms with Crippen molar-refractivity contribution < 1.29 is 0 Å². The highest BCUT2D eigenvalue weighted by Crippen LogP contribution is 2.05. The summed E-state index contributed by atoms with van der Waals surface area (Å²) in [5.41, 5.74) is 1.72. The van der Waals surface area contributed by atoms with Crippen molar-refractivity contribution in [1.82, 2.24) is 14.8 Å². The van der Waals surface area contributed by atoms with Crippen LogP contribution in [0.3, 0.4) is 0 Å². The first-order valence-corrected chi connectivity index (χ1v) is 4.20. The van der Waals surface area contributed by atoms with Gasteiger partial charge in [0.2, 0.25) is 0 Å². The molecule has 1 aromatic carbocycles. The van der Waals surface area contributed by atoms with Crippen molar-refractivity contribution in [3.8, 4) is 6.07 Å². The Hall–Kier alpha value is -2.15. The summed E-state index contributed by atoms with van der Waals surface area (Å²) < 4.78 is 1.72. The Labute approximate surface area is 81.4 Å². The standard InChI is InChI=1S/C10H8N4/c11-5-9-2-1-3-10(4-9)6-14-8-12-7-13-14/h1-4,7-8H,6H2. The van der Waals surface area contributed by atoms with E-state index in [0.29, 0.717) is 12.1 Å². The summed E-state index contributed by atoms with van der Waals surface area (Å²) in [4.78, 5) is 3.85. The topological polar surface area (TPSA) is 54.5 Å². The van der Waals surface area contributed by atoms with Gasteiger partial charge in [-0.1, -0.05) is 12.1 Å². The molecule has 2 rings (SSSR count). The van der Waals surface area contributed by atoms with E-state index < -0.39 is 0 Å². The van der Waals surface area contributed by atoms with Gasteiger partial charge < -0.3 is 0 Å². The molecule has 0 saturated carbocycles. The molecule has 0 fully saturated rings. The number of benzene rings is 1. The molecule has 0 aliphatic heterocycles. The number of nitriles is 1. The van der Waals surface area contributed by atoms with Crippen LogP contribution in [0.15, 0.2) is 36.9 Å². The Morgan fingerprint density at radius 2 is 2.36 bits per heavy atom. The largest absolute Gasteiger partial charge is 0.249 e. The maximum Gasteiger partial charge on any atom is 0.137 e. The van der Waals surface area contributed by atoms with E-state index in [2.05, 4.69) is 16.2 Å². The molecule has 0 unspecified atom stereocenters. The molecule has 4 heteroatoms. The zero-order valence-electron chi connectivity index (χ0n) is 7.46. The van der Waals surface area contributed by atoms with Gasteiger partial charge in [-0.3, -0.25) is 0 Å². The van der Waals surface area contributed by atoms with Crippen LogP contribution in [-0.2, 0) is 6.54 Å². The molecule has 2 aromatic rings. The van der Waals surface area contributed by atoms with Gasteiger partial charge in [0.15, 0.2) is 0 Å². The molecule has 0 spiro atoms. The number of hydrogen-bond donors (Lipinski definition) is 0. The van der Waals surface area contributed by atoms with Crippen LogP contribution >= 0.6 is 0 Å². The molecule has 1 aromatic heterocycles. The van der Waals surface area contributed by atoms with Gasteiger partial charge in [-0.25, -0.2) is 9.67 Å². The van der Waals surface area contributed by atoms with Crippen LogP contribution in [0.1, 0.15) is 11.1 Å². The predicted octanol–water partition coefficient (Wildman–Crippen LogP) is 1.20. The van der Waals surface area contributed by atoms with Gasteiger partial charge in [0.25, 0.3) is 0 Å². The summed E-state index contributed by atoms with van der Waals surface area (Å²) >= 11 is 0. The lowest BCUT2D eigenvalue weighted by Gasteiger charge is -2.00. The van der Waals surface area contributed by atoms with E-state index in [9.17, 15) is 0 Å². The minimum atomic E-state index is 0.648. The van der Waals surface area contributed by atoms with Crippen molar-refractivity contribution in [3.63, 3.8) is 0 Å². The SMILES string of the molecule is N#Cc1cccc(Cn2cncn2)c1. The molecule has 14 heavy (non-hydrogen) atoms. The molecule has 0 N–H and O–H groups in total. The molecule has 1 heterocycles. The maximum absolute atomic E-state index is 8.70. The molecule has 0 saturated heterocycles. The fourth-order valence-corrected chi connectivity index (χ4v) is 1.24. The van der Waals surface area contributed by atoms with Crippen LogP contribution in [0, 0.1) is 11.3 Å². The zero-order valence-corrected chi connectivity index (χ0v) is 7.46. The second-order valence-electron chi connectivity index (χ2n) is 2.91. The number of nitrogens with zero attached hydrogens (tertiary/aromatic N) is 4. The third-order valence-electron chi connectivity index (χ3n) is 1.87. The zero-order chi connectivity index (χ0) is 9.80. The summed E-state index contributed by atoms with van der Waals surface area (Å²) in [6, 6.07) is 9.56. The van der Waals surface area contributed by atoms with Gasteiger partial charge in [0, 0.05) is 0 Å². The van der Waals surface area contributed by atoms with Crippen LogP contribution in [-0.4, -0.2) is 14.8 Å². The molecule has 0 atom stereocenters. The predicted molar refractivity (Wildman–Crippen MR) is 50.3 cm³/mol. The molecule has 0 amide bonds. The van der Waals surface area contributed by atoms with E-state index in [-0.39, 0.29) is 0 Å². The summed E-state index contributed by atoms with van der Waals surface area (Å²) in [7, 11) is 0. The average molecular weight is 184 g/mol. The molecule has 4 nitrogen and oxygen atoms in total. The van der Waals surface area contributed by atoms with E-state index in [1.54, 1.807) is 17.1 Å². The lowest BCUT2D eigenvalue weighted by molar-refractivity contribution is 0.685. The van der Waals surface area contributed by atoms with Crippen LogP contribution in [0.25, 0.3) is 0 Å². The third-order valence-corrected chi connectivity index (χ3v) is 1.87. The van der Waals surface area contributed by atoms with Gasteiger partial charge in [0.1, 0.15) is 12.7 Å². The second kappa shape index (κ2) is 3.71. The van der Waals surface area contributed by atoms with Crippen molar-refractivity contribution in [3.05, 3.63) is 48.0 Å². The quantitative estimate of drug-likeness (QED) is 0.704. The third kappa shape index (κ3) is 1.77. The summed E-state index contributed by atoms with van der Waals surface area (Å²) in [6.45, 7) is 0.648. The minimum Gasteiger partial charge on any atom is -0.249 e. The molecular formula is C10H8N4. The number of hydrogen-bond acceptors (Lipinski definition) is 3. The molecule has 68 valence electrons. The Morgan fingerprint density at radius 3 is 3.07 bits per heavy atom. The van der Waals surface area contributed by atoms with Gasteiger partial charge >= 0.3 is 0 Å². The van der Waals surface area contributed by atoms with Gasteiger partial charge in [-0.05, 0) is 17.7 Å². The Balaban J connectivity index is 2.22. The van der Waals surface area contributed by atoms with Crippen molar-refractivity contribution in [2.45, 2.75) is 6.54 Å². The smallest absolute Gasteiger partial charge is 0.137 e. The van der Waals surface area contributed by atoms with Gasteiger partial charge in [-0.2, -0.15) is 10.4 Å². The maximum atomic E-state index is 8.70. The van der Waals surface area contributed by atoms with Crippen molar-refractivity contribution in [2.24, 2.45) is 0 Å². The normalized spacial score (nSPS) is 9.64. The van der Waals surface area contributed by atoms with E-state index in [4.69, 9.17) is 5.26 Å². The van der Waals surface area contributed by atoms with Gasteiger partial charge in [0.05, 0.1) is 18.2 Å². The number of aromatic nitrogens is 3. The van der Waals surface area contributed by atoms with Gasteiger partial charge in [-0.15, -0.1) is 0 Å². The molecule has 0 aliphatic carbocycles. The van der Waals surface area contributed by atoms with Crippen molar-refractivity contribution >= 4 is 0 Å². The second-order valence-corrected chi connectivity index (χ2v) is 2.91. The van der Waals surface area contributed by atoms with Crippen LogP contribution in [0.5, 0.6) is 0 Å².